The molecule has 0 bridgehead atoms. The van der Waals surface area contributed by atoms with Crippen molar-refractivity contribution in [1.29, 1.82) is 5.26 Å². The fourth-order valence-corrected chi connectivity index (χ4v) is 1.64. The molecule has 0 atom stereocenters. The summed E-state index contributed by atoms with van der Waals surface area (Å²) < 4.78 is 5.67. The molecule has 0 aromatic heterocycles. The minimum Gasteiger partial charge on any atom is -0.488 e. The van der Waals surface area contributed by atoms with E-state index >= 15 is 0 Å². The number of hydrogen-bond acceptors (Lipinski definition) is 2. The smallest absolute Gasteiger partial charge is 0.137 e. The summed E-state index contributed by atoms with van der Waals surface area (Å²) in [5, 5.41) is 9.07. The second-order valence-electron chi connectivity index (χ2n) is 3.83. The highest BCUT2D eigenvalue weighted by Gasteiger charge is 2.05. The van der Waals surface area contributed by atoms with Crippen molar-refractivity contribution in [3.05, 3.63) is 65.2 Å². The normalized spacial score (nSPS) is 9.65. The highest BCUT2D eigenvalue weighted by molar-refractivity contribution is 5.48. The third-order valence-corrected chi connectivity index (χ3v) is 2.58. The summed E-state index contributed by atoms with van der Waals surface area (Å²) in [6.45, 7) is 2.40. The van der Waals surface area contributed by atoms with Gasteiger partial charge in [0, 0.05) is 0 Å². The quantitative estimate of drug-likeness (QED) is 0.798. The lowest BCUT2D eigenvalue weighted by Crippen LogP contribution is -1.98. The van der Waals surface area contributed by atoms with Gasteiger partial charge in [0.05, 0.1) is 5.56 Å². The third kappa shape index (κ3) is 2.64. The van der Waals surface area contributed by atoms with Crippen LogP contribution in [-0.4, -0.2) is 0 Å². The largest absolute Gasteiger partial charge is 0.488 e. The summed E-state index contributed by atoms with van der Waals surface area (Å²) >= 11 is 0. The van der Waals surface area contributed by atoms with Gasteiger partial charge in [-0.05, 0) is 24.1 Å². The molecule has 2 aromatic rings. The lowest BCUT2D eigenvalue weighted by Gasteiger charge is -2.09. The predicted molar refractivity (Wildman–Crippen MR) is 66.7 cm³/mol. The molecule has 17 heavy (non-hydrogen) atoms. The van der Waals surface area contributed by atoms with Crippen molar-refractivity contribution in [3.8, 4) is 11.8 Å². The molecule has 0 N–H and O–H groups in total. The number of benzene rings is 2. The van der Waals surface area contributed by atoms with Gasteiger partial charge in [-0.2, -0.15) is 5.26 Å². The molecule has 0 aliphatic rings. The van der Waals surface area contributed by atoms with Gasteiger partial charge >= 0.3 is 0 Å². The van der Waals surface area contributed by atoms with Crippen LogP contribution in [0, 0.1) is 18.3 Å². The molecule has 2 nitrogen and oxygen atoms in total. The Morgan fingerprint density at radius 2 is 1.82 bits per heavy atom. The van der Waals surface area contributed by atoms with E-state index in [0.29, 0.717) is 17.9 Å². The molecule has 0 aliphatic heterocycles. The van der Waals surface area contributed by atoms with Gasteiger partial charge in [0.25, 0.3) is 0 Å². The van der Waals surface area contributed by atoms with Crippen molar-refractivity contribution >= 4 is 0 Å². The maximum atomic E-state index is 9.07. The summed E-state index contributed by atoms with van der Waals surface area (Å²) in [6, 6.07) is 17.7. The molecule has 84 valence electrons. The van der Waals surface area contributed by atoms with Crippen LogP contribution in [0.3, 0.4) is 0 Å². The molecule has 0 unspecified atom stereocenters. The number of nitriles is 1. The first-order valence-corrected chi connectivity index (χ1v) is 5.47. The zero-order valence-corrected chi connectivity index (χ0v) is 9.68. The first kappa shape index (κ1) is 11.2. The second-order valence-corrected chi connectivity index (χ2v) is 3.83. The van der Waals surface area contributed by atoms with E-state index in [1.54, 1.807) is 0 Å². The molecule has 2 aromatic carbocycles. The van der Waals surface area contributed by atoms with Crippen molar-refractivity contribution in [2.75, 3.05) is 0 Å². The van der Waals surface area contributed by atoms with Crippen molar-refractivity contribution in [2.45, 2.75) is 13.5 Å². The number of rotatable bonds is 3. The first-order chi connectivity index (χ1) is 8.31. The van der Waals surface area contributed by atoms with Crippen LogP contribution in [0.4, 0.5) is 0 Å². The fourth-order valence-electron chi connectivity index (χ4n) is 1.64. The van der Waals surface area contributed by atoms with Crippen LogP contribution in [0.2, 0.25) is 0 Å². The summed E-state index contributed by atoms with van der Waals surface area (Å²) in [4.78, 5) is 0. The maximum absolute atomic E-state index is 9.07. The Morgan fingerprint density at radius 1 is 1.06 bits per heavy atom. The molecule has 0 fully saturated rings. The standard InChI is InChI=1S/C15H13NO/c1-12-6-5-9-15(14(12)10-16)17-11-13-7-3-2-4-8-13/h2-9H,11H2,1H3. The predicted octanol–water partition coefficient (Wildman–Crippen LogP) is 3.45. The highest BCUT2D eigenvalue weighted by Crippen LogP contribution is 2.21. The Hall–Kier alpha value is -2.27. The van der Waals surface area contributed by atoms with Crippen LogP contribution in [-0.2, 0) is 6.61 Å². The first-order valence-electron chi connectivity index (χ1n) is 5.47. The summed E-state index contributed by atoms with van der Waals surface area (Å²) in [6.07, 6.45) is 0. The van der Waals surface area contributed by atoms with Crippen molar-refractivity contribution < 1.29 is 4.74 Å². The fraction of sp³-hybridized carbons (Fsp3) is 0.133. The van der Waals surface area contributed by atoms with Crippen molar-refractivity contribution in [2.24, 2.45) is 0 Å². The Labute approximate surface area is 101 Å². The molecule has 0 amide bonds. The van der Waals surface area contributed by atoms with Gasteiger partial charge in [0.15, 0.2) is 0 Å². The Morgan fingerprint density at radius 3 is 2.53 bits per heavy atom. The summed E-state index contributed by atoms with van der Waals surface area (Å²) in [7, 11) is 0. The van der Waals surface area contributed by atoms with Crippen LogP contribution < -0.4 is 4.74 Å². The van der Waals surface area contributed by atoms with Gasteiger partial charge in [0.1, 0.15) is 18.4 Å². The third-order valence-electron chi connectivity index (χ3n) is 2.58. The monoisotopic (exact) mass is 223 g/mol. The van der Waals surface area contributed by atoms with Gasteiger partial charge in [-0.3, -0.25) is 0 Å². The molecule has 2 heteroatoms. The van der Waals surface area contributed by atoms with E-state index in [2.05, 4.69) is 6.07 Å². The van der Waals surface area contributed by atoms with Gasteiger partial charge < -0.3 is 4.74 Å². The SMILES string of the molecule is Cc1cccc(OCc2ccccc2)c1C#N. The van der Waals surface area contributed by atoms with Crippen molar-refractivity contribution in [1.82, 2.24) is 0 Å². The Balaban J connectivity index is 2.15. The zero-order chi connectivity index (χ0) is 12.1. The molecule has 0 aliphatic carbocycles. The molecule has 0 saturated carbocycles. The lowest BCUT2D eigenvalue weighted by molar-refractivity contribution is 0.305. The number of nitrogens with zero attached hydrogens (tertiary/aromatic N) is 1. The molecular weight excluding hydrogens is 210 g/mol. The van der Waals surface area contributed by atoms with E-state index in [4.69, 9.17) is 10.00 Å². The van der Waals surface area contributed by atoms with Gasteiger partial charge in [-0.1, -0.05) is 42.5 Å². The van der Waals surface area contributed by atoms with E-state index in [-0.39, 0.29) is 0 Å². The minimum absolute atomic E-state index is 0.485. The summed E-state index contributed by atoms with van der Waals surface area (Å²) in [5.74, 6) is 0.649. The topological polar surface area (TPSA) is 33.0 Å². The summed E-state index contributed by atoms with van der Waals surface area (Å²) in [5.41, 5.74) is 2.65. The molecule has 0 heterocycles. The molecule has 2 rings (SSSR count). The van der Waals surface area contributed by atoms with Crippen LogP contribution in [0.25, 0.3) is 0 Å². The molecule has 0 spiro atoms. The molecular formula is C15H13NO. The number of aryl methyl sites for hydroxylation is 1. The maximum Gasteiger partial charge on any atom is 0.137 e. The average molecular weight is 223 g/mol. The number of hydrogen-bond donors (Lipinski definition) is 0. The van der Waals surface area contributed by atoms with E-state index in [9.17, 15) is 0 Å². The van der Waals surface area contributed by atoms with Gasteiger partial charge in [-0.15, -0.1) is 0 Å². The molecule has 0 radical (unpaired) electrons. The average Bonchev–Trinajstić information content (AvgIpc) is 2.37. The minimum atomic E-state index is 0.485. The molecule has 0 saturated heterocycles. The van der Waals surface area contributed by atoms with Crippen LogP contribution in [0.5, 0.6) is 5.75 Å². The highest BCUT2D eigenvalue weighted by atomic mass is 16.5. The van der Waals surface area contributed by atoms with E-state index in [1.807, 2.05) is 55.5 Å². The zero-order valence-electron chi connectivity index (χ0n) is 9.68. The van der Waals surface area contributed by atoms with Crippen LogP contribution in [0.15, 0.2) is 48.5 Å². The van der Waals surface area contributed by atoms with Crippen molar-refractivity contribution in [3.63, 3.8) is 0 Å². The second kappa shape index (κ2) is 5.18. The van der Waals surface area contributed by atoms with Crippen LogP contribution in [0.1, 0.15) is 16.7 Å². The van der Waals surface area contributed by atoms with E-state index in [1.165, 1.54) is 0 Å². The Kier molecular flexibility index (Phi) is 3.42. The van der Waals surface area contributed by atoms with Crippen LogP contribution >= 0.6 is 0 Å². The van der Waals surface area contributed by atoms with Gasteiger partial charge in [-0.25, -0.2) is 0 Å². The van der Waals surface area contributed by atoms with E-state index < -0.39 is 0 Å². The number of ether oxygens (including phenoxy) is 1. The Bertz CT molecular complexity index is 541. The lowest BCUT2D eigenvalue weighted by atomic mass is 10.1. The van der Waals surface area contributed by atoms with E-state index in [0.717, 1.165) is 11.1 Å². The van der Waals surface area contributed by atoms with Gasteiger partial charge in [0.2, 0.25) is 0 Å².